The molecule has 0 saturated carbocycles. The summed E-state index contributed by atoms with van der Waals surface area (Å²) in [6.07, 6.45) is 2.67. The van der Waals surface area contributed by atoms with Crippen LogP contribution in [0, 0.1) is 5.92 Å². The molecule has 4 saturated heterocycles. The molecule has 0 spiro atoms. The fourth-order valence-electron chi connectivity index (χ4n) is 5.23. The minimum absolute atomic E-state index is 0.0890. The van der Waals surface area contributed by atoms with E-state index in [1.165, 1.54) is 0 Å². The number of hydrogen-bond donors (Lipinski definition) is 6. The van der Waals surface area contributed by atoms with Crippen LogP contribution in [0.15, 0.2) is 0 Å². The van der Waals surface area contributed by atoms with Gasteiger partial charge in [0.15, 0.2) is 0 Å². The number of hydrogen-bond acceptors (Lipinski definition) is 12. The van der Waals surface area contributed by atoms with Gasteiger partial charge in [-0.25, -0.2) is 9.59 Å². The maximum Gasteiger partial charge on any atom is 0.418 e. The first-order valence-corrected chi connectivity index (χ1v) is 17.3. The van der Waals surface area contributed by atoms with Crippen LogP contribution in [-0.2, 0) is 48.5 Å². The van der Waals surface area contributed by atoms with Crippen molar-refractivity contribution < 1.29 is 63.3 Å². The summed E-state index contributed by atoms with van der Waals surface area (Å²) in [6.45, 7) is 5.54. The largest absolute Gasteiger partial charge is 0.418 e. The molecule has 0 radical (unpaired) electrons. The van der Waals surface area contributed by atoms with Crippen LogP contribution in [0.3, 0.4) is 0 Å². The van der Waals surface area contributed by atoms with Crippen LogP contribution in [0.1, 0.15) is 65.7 Å². The number of fused-ring (bicyclic) bond motifs is 4. The van der Waals surface area contributed by atoms with Gasteiger partial charge in [-0.05, 0) is 38.5 Å². The molecule has 4 aliphatic heterocycles. The molecule has 4 aliphatic rings. The van der Waals surface area contributed by atoms with Crippen molar-refractivity contribution in [2.45, 2.75) is 89.9 Å². The minimum Gasteiger partial charge on any atom is -0.309 e. The third kappa shape index (κ3) is 9.83. The summed E-state index contributed by atoms with van der Waals surface area (Å²) in [7, 11) is -9.65. The molecule has 4 bridgehead atoms. The SMILES string of the molecule is CCC(C)C(=O)NNC(=O)[C@@H]1CC[C@@H]2CN1C(=O)N2OS(=O)(=O)O.CCCC(=O)NNC(=O)[C@@H]1CC[C@@H]2CN1C(=O)N2OS(=O)(=O)O. The third-order valence-electron chi connectivity index (χ3n) is 7.77. The van der Waals surface area contributed by atoms with Crippen molar-refractivity contribution in [3.63, 3.8) is 0 Å². The number of nitrogens with one attached hydrogen (secondary N) is 4. The summed E-state index contributed by atoms with van der Waals surface area (Å²) in [5, 5.41) is 1.11. The van der Waals surface area contributed by atoms with Crippen LogP contribution in [0.4, 0.5) is 9.59 Å². The van der Waals surface area contributed by atoms with E-state index in [0.717, 1.165) is 9.80 Å². The Kier molecular flexibility index (Phi) is 12.3. The molecule has 47 heavy (non-hydrogen) atoms. The molecule has 22 nitrogen and oxygen atoms in total. The molecular weight excluding hydrogens is 676 g/mol. The Labute approximate surface area is 270 Å². The second-order valence-corrected chi connectivity index (χ2v) is 13.1. The zero-order chi connectivity index (χ0) is 35.3. The van der Waals surface area contributed by atoms with E-state index >= 15 is 0 Å². The number of hydroxylamine groups is 4. The highest BCUT2D eigenvalue weighted by Crippen LogP contribution is 2.31. The topological polar surface area (TPSA) is 291 Å². The molecule has 6 N–H and O–H groups in total. The Morgan fingerprint density at radius 2 is 1.19 bits per heavy atom. The Balaban J connectivity index is 0.000000256. The van der Waals surface area contributed by atoms with E-state index in [1.807, 2.05) is 13.8 Å². The summed E-state index contributed by atoms with van der Waals surface area (Å²) >= 11 is 0. The standard InChI is InChI=1S/C12H20N4O7S.C11H18N4O7S/c1-3-7(2)10(17)13-14-11(18)9-5-4-8-6-15(9)12(19)16(8)23-24(20,21)22;1-2-3-9(16)12-13-10(17)8-5-4-7-6-14(8)11(18)15(7)22-23(19,20)21/h7-9H,3-6H2,1-2H3,(H,13,17)(H,14,18)(H,20,21,22);7-8H,2-6H2,1H3,(H,12,16)(H,13,17)(H,19,20,21)/t7?,8-,9+;7-,8+/m11/s1. The van der Waals surface area contributed by atoms with E-state index in [2.05, 4.69) is 30.3 Å². The van der Waals surface area contributed by atoms with E-state index < -0.39 is 68.8 Å². The average molecular weight is 715 g/mol. The summed E-state index contributed by atoms with van der Waals surface area (Å²) in [6, 6.07) is -4.51. The number of piperidine rings is 2. The van der Waals surface area contributed by atoms with E-state index in [0.29, 0.717) is 35.8 Å². The van der Waals surface area contributed by atoms with Crippen LogP contribution in [0.2, 0.25) is 0 Å². The quantitative estimate of drug-likeness (QED) is 0.107. The van der Waals surface area contributed by atoms with Crippen molar-refractivity contribution in [3.8, 4) is 0 Å². The normalized spacial score (nSPS) is 24.3. The summed E-state index contributed by atoms with van der Waals surface area (Å²) in [4.78, 5) is 73.8. The highest BCUT2D eigenvalue weighted by molar-refractivity contribution is 7.81. The Hall–Kier alpha value is -3.84. The Morgan fingerprint density at radius 3 is 1.57 bits per heavy atom. The first-order chi connectivity index (χ1) is 21.9. The number of carbonyl (C=O) groups excluding carboxylic acids is 6. The lowest BCUT2D eigenvalue weighted by atomic mass is 10.0. The van der Waals surface area contributed by atoms with Crippen LogP contribution in [0.5, 0.6) is 0 Å². The molecule has 266 valence electrons. The highest BCUT2D eigenvalue weighted by atomic mass is 32.3. The summed E-state index contributed by atoms with van der Waals surface area (Å²) < 4.78 is 69.1. The Morgan fingerprint density at radius 1 is 0.766 bits per heavy atom. The Bertz CT molecular complexity index is 1460. The number of carbonyl (C=O) groups is 6. The molecule has 1 unspecified atom stereocenters. The van der Waals surface area contributed by atoms with Gasteiger partial charge in [-0.1, -0.05) is 20.8 Å². The predicted octanol–water partition coefficient (Wildman–Crippen LogP) is -1.88. The highest BCUT2D eigenvalue weighted by Gasteiger charge is 2.50. The van der Waals surface area contributed by atoms with Crippen LogP contribution < -0.4 is 21.7 Å². The molecule has 0 aromatic rings. The van der Waals surface area contributed by atoms with E-state index in [1.54, 1.807) is 6.92 Å². The van der Waals surface area contributed by atoms with Gasteiger partial charge in [0, 0.05) is 25.4 Å². The zero-order valence-electron chi connectivity index (χ0n) is 25.6. The van der Waals surface area contributed by atoms with Gasteiger partial charge in [0.25, 0.3) is 11.8 Å². The van der Waals surface area contributed by atoms with Crippen molar-refractivity contribution in [1.29, 1.82) is 0 Å². The fourth-order valence-corrected chi connectivity index (χ4v) is 6.00. The van der Waals surface area contributed by atoms with Crippen molar-refractivity contribution >= 4 is 56.5 Å². The lowest BCUT2D eigenvalue weighted by Crippen LogP contribution is -2.54. The number of nitrogens with zero attached hydrogens (tertiary/aromatic N) is 4. The van der Waals surface area contributed by atoms with Crippen molar-refractivity contribution in [3.05, 3.63) is 0 Å². The summed E-state index contributed by atoms with van der Waals surface area (Å²) in [5.41, 5.74) is 9.06. The van der Waals surface area contributed by atoms with Gasteiger partial charge in [0.05, 0.1) is 12.1 Å². The predicted molar refractivity (Wildman–Crippen MR) is 154 cm³/mol. The van der Waals surface area contributed by atoms with Gasteiger partial charge in [-0.15, -0.1) is 8.57 Å². The molecule has 4 rings (SSSR count). The molecule has 4 fully saturated rings. The first kappa shape index (κ1) is 37.6. The molecule has 0 aromatic heterocycles. The molecule has 24 heteroatoms. The van der Waals surface area contributed by atoms with Gasteiger partial charge in [-0.2, -0.15) is 27.0 Å². The molecule has 4 heterocycles. The molecule has 5 atom stereocenters. The number of rotatable bonds is 10. The van der Waals surface area contributed by atoms with Crippen LogP contribution in [-0.4, -0.2) is 119 Å². The maximum absolute atomic E-state index is 12.2. The zero-order valence-corrected chi connectivity index (χ0v) is 27.3. The number of amides is 8. The van der Waals surface area contributed by atoms with E-state index in [4.69, 9.17) is 9.11 Å². The van der Waals surface area contributed by atoms with Crippen molar-refractivity contribution in [1.82, 2.24) is 41.6 Å². The van der Waals surface area contributed by atoms with Crippen LogP contribution >= 0.6 is 0 Å². The third-order valence-corrected chi connectivity index (χ3v) is 8.47. The van der Waals surface area contributed by atoms with Gasteiger partial charge >= 0.3 is 32.9 Å². The number of urea groups is 2. The van der Waals surface area contributed by atoms with Gasteiger partial charge in [0.1, 0.15) is 12.1 Å². The average Bonchev–Trinajstić information content (AvgIpc) is 3.36. The van der Waals surface area contributed by atoms with Crippen molar-refractivity contribution in [2.75, 3.05) is 13.1 Å². The lowest BCUT2D eigenvalue weighted by Gasteiger charge is -2.29. The lowest BCUT2D eigenvalue weighted by molar-refractivity contribution is -0.133. The van der Waals surface area contributed by atoms with E-state index in [-0.39, 0.29) is 50.1 Å². The molecule has 0 aromatic carbocycles. The van der Waals surface area contributed by atoms with Crippen molar-refractivity contribution in [2.24, 2.45) is 5.92 Å². The van der Waals surface area contributed by atoms with Gasteiger partial charge in [-0.3, -0.25) is 50.0 Å². The second-order valence-electron chi connectivity index (χ2n) is 11.1. The van der Waals surface area contributed by atoms with Gasteiger partial charge in [0.2, 0.25) is 11.8 Å². The van der Waals surface area contributed by atoms with E-state index in [9.17, 15) is 45.6 Å². The molecule has 8 amide bonds. The van der Waals surface area contributed by atoms with Crippen LogP contribution in [0.25, 0.3) is 0 Å². The molecular formula is C23H38N8O14S2. The molecule has 0 aliphatic carbocycles. The second kappa shape index (κ2) is 15.4. The van der Waals surface area contributed by atoms with Gasteiger partial charge < -0.3 is 9.80 Å². The minimum atomic E-state index is -4.83. The monoisotopic (exact) mass is 714 g/mol. The summed E-state index contributed by atoms with van der Waals surface area (Å²) in [5.74, 6) is -2.11. The fraction of sp³-hybridized carbons (Fsp3) is 0.739. The smallest absolute Gasteiger partial charge is 0.309 e. The first-order valence-electron chi connectivity index (χ1n) is 14.6. The maximum atomic E-state index is 12.2. The number of hydrazine groups is 2.